The molecule has 7 heteroatoms. The second-order valence-corrected chi connectivity index (χ2v) is 7.28. The molecule has 150 valence electrons. The molecule has 0 unspecified atom stereocenters. The lowest BCUT2D eigenvalue weighted by molar-refractivity contribution is 0.0710. The van der Waals surface area contributed by atoms with Crippen LogP contribution in [0.3, 0.4) is 0 Å². The minimum Gasteiger partial charge on any atom is -0.367 e. The fourth-order valence-corrected chi connectivity index (χ4v) is 3.44. The molecule has 1 fully saturated rings. The number of hydrogen-bond acceptors (Lipinski definition) is 6. The van der Waals surface area contributed by atoms with Crippen LogP contribution in [0.15, 0.2) is 53.2 Å². The van der Waals surface area contributed by atoms with Crippen molar-refractivity contribution in [1.82, 2.24) is 20.0 Å². The number of pyridine rings is 1. The number of likely N-dealkylation sites (tertiary alicyclic amines) is 1. The van der Waals surface area contributed by atoms with Crippen molar-refractivity contribution in [2.75, 3.05) is 13.1 Å². The van der Waals surface area contributed by atoms with Gasteiger partial charge in [-0.2, -0.15) is 4.98 Å². The fourth-order valence-electron chi connectivity index (χ4n) is 3.44. The highest BCUT2D eigenvalue weighted by molar-refractivity contribution is 5.94. The SMILES string of the molecule is Cc1ccc(C(=O)N2CCC(c3noc(COCc4ccccc4)n3)CC2)cn1. The van der Waals surface area contributed by atoms with Crippen LogP contribution in [-0.2, 0) is 18.0 Å². The lowest BCUT2D eigenvalue weighted by Gasteiger charge is -2.30. The van der Waals surface area contributed by atoms with E-state index >= 15 is 0 Å². The Morgan fingerprint density at radius 1 is 1.14 bits per heavy atom. The van der Waals surface area contributed by atoms with Crippen molar-refractivity contribution in [3.8, 4) is 0 Å². The van der Waals surface area contributed by atoms with Gasteiger partial charge < -0.3 is 14.2 Å². The van der Waals surface area contributed by atoms with Crippen molar-refractivity contribution in [1.29, 1.82) is 0 Å². The van der Waals surface area contributed by atoms with Crippen molar-refractivity contribution < 1.29 is 14.1 Å². The summed E-state index contributed by atoms with van der Waals surface area (Å²) < 4.78 is 11.0. The predicted molar refractivity (Wildman–Crippen MR) is 106 cm³/mol. The van der Waals surface area contributed by atoms with Gasteiger partial charge in [-0.15, -0.1) is 0 Å². The number of carbonyl (C=O) groups excluding carboxylic acids is 1. The number of carbonyl (C=O) groups is 1. The molecule has 0 radical (unpaired) electrons. The minimum absolute atomic E-state index is 0.0269. The van der Waals surface area contributed by atoms with Crippen molar-refractivity contribution in [3.63, 3.8) is 0 Å². The topological polar surface area (TPSA) is 81.4 Å². The van der Waals surface area contributed by atoms with Gasteiger partial charge >= 0.3 is 0 Å². The molecule has 0 saturated carbocycles. The van der Waals surface area contributed by atoms with Crippen LogP contribution in [0, 0.1) is 6.92 Å². The van der Waals surface area contributed by atoms with Gasteiger partial charge in [-0.1, -0.05) is 35.5 Å². The van der Waals surface area contributed by atoms with E-state index in [9.17, 15) is 4.79 Å². The lowest BCUT2D eigenvalue weighted by Crippen LogP contribution is -2.38. The van der Waals surface area contributed by atoms with Gasteiger partial charge in [0.1, 0.15) is 6.61 Å². The maximum absolute atomic E-state index is 12.6. The zero-order chi connectivity index (χ0) is 20.1. The standard InChI is InChI=1S/C22H24N4O3/c1-16-7-8-19(13-23-16)22(27)26-11-9-18(10-12-26)21-24-20(29-25-21)15-28-14-17-5-3-2-4-6-17/h2-8,13,18H,9-12,14-15H2,1H3. The third kappa shape index (κ3) is 4.86. The monoisotopic (exact) mass is 392 g/mol. The highest BCUT2D eigenvalue weighted by Crippen LogP contribution is 2.27. The Morgan fingerprint density at radius 2 is 1.93 bits per heavy atom. The van der Waals surface area contributed by atoms with Gasteiger partial charge in [-0.3, -0.25) is 9.78 Å². The number of hydrogen-bond donors (Lipinski definition) is 0. The molecule has 1 aliphatic rings. The number of rotatable bonds is 6. The summed E-state index contributed by atoms with van der Waals surface area (Å²) in [5, 5.41) is 4.12. The average Bonchev–Trinajstić information content (AvgIpc) is 3.24. The number of aryl methyl sites for hydroxylation is 1. The molecule has 4 rings (SSSR count). The summed E-state index contributed by atoms with van der Waals surface area (Å²) in [5.74, 6) is 1.41. The number of nitrogens with zero attached hydrogens (tertiary/aromatic N) is 4. The van der Waals surface area contributed by atoms with E-state index < -0.39 is 0 Å². The van der Waals surface area contributed by atoms with Gasteiger partial charge in [0.25, 0.3) is 11.8 Å². The molecule has 29 heavy (non-hydrogen) atoms. The quantitative estimate of drug-likeness (QED) is 0.639. The van der Waals surface area contributed by atoms with Crippen LogP contribution in [0.5, 0.6) is 0 Å². The molecule has 3 heterocycles. The van der Waals surface area contributed by atoms with Gasteiger partial charge in [0.15, 0.2) is 5.82 Å². The first-order valence-electron chi connectivity index (χ1n) is 9.85. The molecular weight excluding hydrogens is 368 g/mol. The summed E-state index contributed by atoms with van der Waals surface area (Å²) >= 11 is 0. The zero-order valence-electron chi connectivity index (χ0n) is 16.5. The van der Waals surface area contributed by atoms with E-state index in [1.54, 1.807) is 6.20 Å². The lowest BCUT2D eigenvalue weighted by atomic mass is 9.96. The molecule has 0 atom stereocenters. The van der Waals surface area contributed by atoms with Crippen molar-refractivity contribution >= 4 is 5.91 Å². The van der Waals surface area contributed by atoms with E-state index in [-0.39, 0.29) is 11.8 Å². The highest BCUT2D eigenvalue weighted by atomic mass is 16.5. The van der Waals surface area contributed by atoms with Gasteiger partial charge in [0.2, 0.25) is 0 Å². The smallest absolute Gasteiger partial charge is 0.255 e. The van der Waals surface area contributed by atoms with Gasteiger partial charge in [0.05, 0.1) is 12.2 Å². The summed E-state index contributed by atoms with van der Waals surface area (Å²) in [7, 11) is 0. The maximum atomic E-state index is 12.6. The average molecular weight is 392 g/mol. The molecule has 0 aliphatic carbocycles. The van der Waals surface area contributed by atoms with Crippen molar-refractivity contribution in [2.24, 2.45) is 0 Å². The number of piperidine rings is 1. The first kappa shape index (κ1) is 19.3. The Hall–Kier alpha value is -3.06. The number of amides is 1. The Labute approximate surface area is 169 Å². The van der Waals surface area contributed by atoms with Crippen LogP contribution < -0.4 is 0 Å². The van der Waals surface area contributed by atoms with E-state index in [1.165, 1.54) is 0 Å². The van der Waals surface area contributed by atoms with Crippen molar-refractivity contribution in [2.45, 2.75) is 38.9 Å². The van der Waals surface area contributed by atoms with Crippen LogP contribution in [0.4, 0.5) is 0 Å². The number of aromatic nitrogens is 3. The van der Waals surface area contributed by atoms with Crippen LogP contribution in [-0.4, -0.2) is 39.0 Å². The van der Waals surface area contributed by atoms with E-state index in [1.807, 2.05) is 54.3 Å². The summed E-state index contributed by atoms with van der Waals surface area (Å²) in [6.07, 6.45) is 3.27. The van der Waals surface area contributed by atoms with Gasteiger partial charge in [-0.25, -0.2) is 0 Å². The van der Waals surface area contributed by atoms with E-state index in [0.717, 1.165) is 24.1 Å². The van der Waals surface area contributed by atoms with Gasteiger partial charge in [0, 0.05) is 30.9 Å². The Morgan fingerprint density at radius 3 is 2.66 bits per heavy atom. The molecule has 1 saturated heterocycles. The first-order valence-corrected chi connectivity index (χ1v) is 9.85. The largest absolute Gasteiger partial charge is 0.367 e. The van der Waals surface area contributed by atoms with Crippen molar-refractivity contribution in [3.05, 3.63) is 77.2 Å². The third-order valence-electron chi connectivity index (χ3n) is 5.13. The minimum atomic E-state index is 0.0269. The van der Waals surface area contributed by atoms with E-state index in [0.29, 0.717) is 43.6 Å². The summed E-state index contributed by atoms with van der Waals surface area (Å²) in [6, 6.07) is 13.7. The van der Waals surface area contributed by atoms with E-state index in [2.05, 4.69) is 15.1 Å². The second kappa shape index (κ2) is 8.96. The molecule has 2 aromatic heterocycles. The zero-order valence-corrected chi connectivity index (χ0v) is 16.5. The molecule has 0 spiro atoms. The maximum Gasteiger partial charge on any atom is 0.255 e. The third-order valence-corrected chi connectivity index (χ3v) is 5.13. The van der Waals surface area contributed by atoms with Crippen LogP contribution in [0.1, 0.15) is 52.1 Å². The normalized spacial score (nSPS) is 14.9. The first-order chi connectivity index (χ1) is 14.2. The molecule has 1 amide bonds. The fraction of sp³-hybridized carbons (Fsp3) is 0.364. The summed E-state index contributed by atoms with van der Waals surface area (Å²) in [4.78, 5) is 23.2. The summed E-state index contributed by atoms with van der Waals surface area (Å²) in [6.45, 7) is 4.05. The Balaban J connectivity index is 1.26. The Bertz CT molecular complexity index is 932. The molecular formula is C22H24N4O3. The molecule has 0 bridgehead atoms. The second-order valence-electron chi connectivity index (χ2n) is 7.28. The number of benzene rings is 1. The molecule has 1 aromatic carbocycles. The van der Waals surface area contributed by atoms with Crippen LogP contribution >= 0.6 is 0 Å². The summed E-state index contributed by atoms with van der Waals surface area (Å²) in [5.41, 5.74) is 2.64. The molecule has 0 N–H and O–H groups in total. The molecule has 3 aromatic rings. The van der Waals surface area contributed by atoms with E-state index in [4.69, 9.17) is 9.26 Å². The van der Waals surface area contributed by atoms with Crippen LogP contribution in [0.25, 0.3) is 0 Å². The predicted octanol–water partition coefficient (Wildman–Crippen LogP) is 3.51. The highest BCUT2D eigenvalue weighted by Gasteiger charge is 2.27. The van der Waals surface area contributed by atoms with Gasteiger partial charge in [-0.05, 0) is 37.5 Å². The number of ether oxygens (including phenoxy) is 1. The van der Waals surface area contributed by atoms with Crippen LogP contribution in [0.2, 0.25) is 0 Å². The Kier molecular flexibility index (Phi) is 5.95. The molecule has 1 aliphatic heterocycles. The molecule has 7 nitrogen and oxygen atoms in total.